The van der Waals surface area contributed by atoms with Crippen molar-refractivity contribution in [3.05, 3.63) is 23.9 Å². The van der Waals surface area contributed by atoms with Crippen LogP contribution in [-0.2, 0) is 0 Å². The maximum absolute atomic E-state index is 5.92. The van der Waals surface area contributed by atoms with Crippen molar-refractivity contribution in [3.63, 3.8) is 0 Å². The van der Waals surface area contributed by atoms with E-state index in [-0.39, 0.29) is 0 Å². The van der Waals surface area contributed by atoms with E-state index in [9.17, 15) is 0 Å². The molecule has 0 aromatic heterocycles. The normalized spacial score (nSPS) is 26.4. The molecule has 0 spiro atoms. The molecule has 1 heterocycles. The maximum atomic E-state index is 5.92. The summed E-state index contributed by atoms with van der Waals surface area (Å²) in [7, 11) is 1.19. The van der Waals surface area contributed by atoms with E-state index in [1.54, 1.807) is 0 Å². The van der Waals surface area contributed by atoms with Gasteiger partial charge in [0.2, 0.25) is 0 Å². The lowest BCUT2D eigenvalue weighted by molar-refractivity contribution is 0.214. The molecule has 0 radical (unpaired) electrons. The van der Waals surface area contributed by atoms with Crippen molar-refractivity contribution >= 4 is 8.58 Å². The summed E-state index contributed by atoms with van der Waals surface area (Å²) in [5.74, 6) is 0. The van der Waals surface area contributed by atoms with Gasteiger partial charge in [-0.2, -0.15) is 0 Å². The van der Waals surface area contributed by atoms with E-state index in [0.717, 1.165) is 12.1 Å². The second-order valence-electron chi connectivity index (χ2n) is 4.05. The Balaban J connectivity index is 0.000000606. The van der Waals surface area contributed by atoms with Crippen LogP contribution in [0.2, 0.25) is 0 Å². The highest BCUT2D eigenvalue weighted by atomic mass is 31.1. The van der Waals surface area contributed by atoms with Gasteiger partial charge in [-0.1, -0.05) is 26.0 Å². The molecule has 0 amide bonds. The molecule has 2 aliphatic rings. The minimum absolute atomic E-state index is 0.662. The van der Waals surface area contributed by atoms with Crippen molar-refractivity contribution < 1.29 is 0 Å². The fourth-order valence-electron chi connectivity index (χ4n) is 2.18. The Kier molecular flexibility index (Phi) is 6.75. The molecule has 1 fully saturated rings. The highest BCUT2D eigenvalue weighted by Gasteiger charge is 2.20. The maximum Gasteiger partial charge on any atom is 0.0185 e. The van der Waals surface area contributed by atoms with Crippen LogP contribution in [0.15, 0.2) is 23.9 Å². The molecular formula is C13H25N2P. The summed E-state index contributed by atoms with van der Waals surface area (Å²) < 4.78 is 0. The molecule has 1 aliphatic carbocycles. The summed E-state index contributed by atoms with van der Waals surface area (Å²) in [5, 5.41) is 0. The van der Waals surface area contributed by atoms with Crippen LogP contribution in [0.25, 0.3) is 0 Å². The van der Waals surface area contributed by atoms with Gasteiger partial charge in [0.25, 0.3) is 0 Å². The Morgan fingerprint density at radius 2 is 2.00 bits per heavy atom. The Hall–Kier alpha value is -0.330. The molecule has 16 heavy (non-hydrogen) atoms. The monoisotopic (exact) mass is 240 g/mol. The van der Waals surface area contributed by atoms with E-state index in [2.05, 4.69) is 17.1 Å². The first kappa shape index (κ1) is 13.7. The topological polar surface area (TPSA) is 29.3 Å². The molecule has 2 rings (SSSR count). The Morgan fingerprint density at radius 1 is 1.31 bits per heavy atom. The Morgan fingerprint density at radius 3 is 2.69 bits per heavy atom. The number of rotatable bonds is 1. The van der Waals surface area contributed by atoms with Crippen LogP contribution in [0.3, 0.4) is 0 Å². The quantitative estimate of drug-likeness (QED) is 0.714. The first-order chi connectivity index (χ1) is 7.86. The van der Waals surface area contributed by atoms with E-state index in [1.165, 1.54) is 40.4 Å². The predicted molar refractivity (Wildman–Crippen MR) is 75.4 cm³/mol. The molecule has 1 saturated heterocycles. The summed E-state index contributed by atoms with van der Waals surface area (Å²) in [6.07, 6.45) is 11.4. The fourth-order valence-corrected chi connectivity index (χ4v) is 3.32. The molecule has 2 nitrogen and oxygen atoms in total. The van der Waals surface area contributed by atoms with Crippen molar-refractivity contribution in [2.45, 2.75) is 32.7 Å². The fraction of sp³-hybridized carbons (Fsp3) is 0.692. The molecular weight excluding hydrogens is 215 g/mol. The molecule has 0 aromatic rings. The third-order valence-electron chi connectivity index (χ3n) is 2.99. The zero-order chi connectivity index (χ0) is 11.8. The lowest BCUT2D eigenvalue weighted by Crippen LogP contribution is -2.41. The van der Waals surface area contributed by atoms with Gasteiger partial charge in [0.1, 0.15) is 0 Å². The highest BCUT2D eigenvalue weighted by molar-refractivity contribution is 7.38. The molecule has 2 N–H and O–H groups in total. The largest absolute Gasteiger partial charge is 0.402 e. The number of hydrogen-bond acceptors (Lipinski definition) is 2. The standard InChI is InChI=1S/C11H19N2P.C2H6/c12-10-3-1-2-4-11(9-10)13-5-7-14-8-6-13;1-2/h1-3,11,14H,4-9,12H2;1-2H3. The summed E-state index contributed by atoms with van der Waals surface area (Å²) in [5.41, 5.74) is 6.96. The van der Waals surface area contributed by atoms with Gasteiger partial charge >= 0.3 is 0 Å². The second kappa shape index (κ2) is 7.86. The van der Waals surface area contributed by atoms with Gasteiger partial charge in [0.05, 0.1) is 0 Å². The summed E-state index contributed by atoms with van der Waals surface area (Å²) in [6.45, 7) is 6.56. The Labute approximate surface area is 102 Å². The summed E-state index contributed by atoms with van der Waals surface area (Å²) in [6, 6.07) is 0.662. The van der Waals surface area contributed by atoms with Crippen molar-refractivity contribution in [2.75, 3.05) is 25.4 Å². The molecule has 1 aliphatic heterocycles. The van der Waals surface area contributed by atoms with Gasteiger partial charge < -0.3 is 5.73 Å². The van der Waals surface area contributed by atoms with E-state index >= 15 is 0 Å². The minimum atomic E-state index is 0.662. The van der Waals surface area contributed by atoms with Crippen LogP contribution in [0.1, 0.15) is 26.7 Å². The van der Waals surface area contributed by atoms with Gasteiger partial charge in [-0.3, -0.25) is 4.90 Å². The average molecular weight is 240 g/mol. The van der Waals surface area contributed by atoms with Crippen LogP contribution < -0.4 is 5.73 Å². The molecule has 0 bridgehead atoms. The third-order valence-corrected chi connectivity index (χ3v) is 4.15. The van der Waals surface area contributed by atoms with Crippen LogP contribution >= 0.6 is 8.58 Å². The van der Waals surface area contributed by atoms with Gasteiger partial charge in [0.15, 0.2) is 0 Å². The zero-order valence-corrected chi connectivity index (χ0v) is 11.6. The van der Waals surface area contributed by atoms with Crippen LogP contribution in [0.4, 0.5) is 0 Å². The van der Waals surface area contributed by atoms with Crippen molar-refractivity contribution in [1.82, 2.24) is 4.90 Å². The highest BCUT2D eigenvalue weighted by Crippen LogP contribution is 2.22. The minimum Gasteiger partial charge on any atom is -0.402 e. The SMILES string of the molecule is CC.NC1=CC=CCC(N2CCPCC2)C1. The van der Waals surface area contributed by atoms with Gasteiger partial charge in [-0.25, -0.2) is 0 Å². The van der Waals surface area contributed by atoms with Crippen molar-refractivity contribution in [1.29, 1.82) is 0 Å². The number of nitrogens with zero attached hydrogens (tertiary/aromatic N) is 1. The van der Waals surface area contributed by atoms with Crippen LogP contribution in [0, 0.1) is 0 Å². The number of nitrogens with two attached hydrogens (primary N) is 1. The first-order valence-electron chi connectivity index (χ1n) is 6.42. The van der Waals surface area contributed by atoms with Gasteiger partial charge in [-0.15, -0.1) is 8.58 Å². The van der Waals surface area contributed by atoms with E-state index < -0.39 is 0 Å². The van der Waals surface area contributed by atoms with E-state index in [0.29, 0.717) is 6.04 Å². The van der Waals surface area contributed by atoms with Crippen LogP contribution in [0.5, 0.6) is 0 Å². The van der Waals surface area contributed by atoms with Crippen molar-refractivity contribution in [2.24, 2.45) is 5.73 Å². The van der Waals surface area contributed by atoms with E-state index in [1.807, 2.05) is 19.9 Å². The Bertz CT molecular complexity index is 242. The molecule has 0 saturated carbocycles. The number of allylic oxidation sites excluding steroid dienone is 2. The first-order valence-corrected chi connectivity index (χ1v) is 7.83. The third kappa shape index (κ3) is 4.27. The lowest BCUT2D eigenvalue weighted by atomic mass is 10.1. The molecule has 1 atom stereocenters. The molecule has 1 unspecified atom stereocenters. The molecule has 0 aromatic carbocycles. The van der Waals surface area contributed by atoms with Gasteiger partial charge in [0, 0.05) is 31.2 Å². The average Bonchev–Trinajstić information content (AvgIpc) is 2.58. The predicted octanol–water partition coefficient (Wildman–Crippen LogP) is 2.57. The summed E-state index contributed by atoms with van der Waals surface area (Å²) in [4.78, 5) is 2.62. The molecule has 3 heteroatoms. The smallest absolute Gasteiger partial charge is 0.0185 e. The lowest BCUT2D eigenvalue weighted by Gasteiger charge is -2.33. The zero-order valence-electron chi connectivity index (χ0n) is 10.6. The second-order valence-corrected chi connectivity index (χ2v) is 5.55. The summed E-state index contributed by atoms with van der Waals surface area (Å²) >= 11 is 0. The van der Waals surface area contributed by atoms with Gasteiger partial charge in [-0.05, 0) is 24.8 Å². The van der Waals surface area contributed by atoms with E-state index in [4.69, 9.17) is 5.73 Å². The number of hydrogen-bond donors (Lipinski definition) is 1. The molecule has 92 valence electrons. The van der Waals surface area contributed by atoms with Crippen molar-refractivity contribution in [3.8, 4) is 0 Å². The van der Waals surface area contributed by atoms with Crippen LogP contribution in [-0.4, -0.2) is 36.4 Å².